The van der Waals surface area contributed by atoms with Gasteiger partial charge in [-0.05, 0) is 0 Å². The van der Waals surface area contributed by atoms with Gasteiger partial charge >= 0.3 is 68.0 Å². The molecule has 4 heteroatoms. The van der Waals surface area contributed by atoms with Crippen LogP contribution in [0.25, 0.3) is 10.7 Å². The molecule has 0 radical (unpaired) electrons. The standard InChI is InChI=1S/C8H5BO3/c10-8(11)7-5-3-1-2-4-6(5)9-12-7/h1-4H,(H,10,11). The Morgan fingerprint density at radius 1 is 1.42 bits per heavy atom. The van der Waals surface area contributed by atoms with E-state index >= 15 is 0 Å². The Morgan fingerprint density at radius 3 is 2.92 bits per heavy atom. The van der Waals surface area contributed by atoms with E-state index in [0.717, 1.165) is 5.28 Å². The Hall–Kier alpha value is -1.58. The van der Waals surface area contributed by atoms with Crippen LogP contribution in [0, 0.1) is 0 Å². The summed E-state index contributed by atoms with van der Waals surface area (Å²) in [6.07, 6.45) is 0. The average molecular weight is 160 g/mol. The second-order valence-corrected chi connectivity index (χ2v) is 2.46. The summed E-state index contributed by atoms with van der Waals surface area (Å²) < 4.78 is 4.88. The van der Waals surface area contributed by atoms with Crippen LogP contribution in [0.15, 0.2) is 28.6 Å². The number of carbonyl (C=O) groups is 1. The van der Waals surface area contributed by atoms with Gasteiger partial charge in [-0.15, -0.1) is 0 Å². The zero-order valence-corrected chi connectivity index (χ0v) is 6.15. The molecule has 1 aromatic carbocycles. The molecule has 1 N–H and O–H groups in total. The molecule has 0 spiro atoms. The molecule has 1 heterocycles. The summed E-state index contributed by atoms with van der Waals surface area (Å²) in [6.45, 7) is 0. The van der Waals surface area contributed by atoms with Crippen LogP contribution < -0.4 is 0 Å². The third kappa shape index (κ3) is 0.924. The second-order valence-electron chi connectivity index (χ2n) is 2.46. The van der Waals surface area contributed by atoms with Crippen molar-refractivity contribution in [1.29, 1.82) is 0 Å². The van der Waals surface area contributed by atoms with E-state index in [-0.39, 0.29) is 5.76 Å². The SMILES string of the molecule is O=C(O)c1obc2ccccc12. The normalized spacial score (nSPS) is 10.0. The number of carboxylic acid groups (broad SMARTS) is 1. The van der Waals surface area contributed by atoms with E-state index in [1.807, 2.05) is 12.1 Å². The molecule has 0 bridgehead atoms. The number of aromatic carboxylic acids is 1. The van der Waals surface area contributed by atoms with Crippen molar-refractivity contribution in [2.45, 2.75) is 0 Å². The summed E-state index contributed by atoms with van der Waals surface area (Å²) in [7, 11) is 1.44. The summed E-state index contributed by atoms with van der Waals surface area (Å²) in [5.41, 5.74) is 0. The number of hydrogen-bond donors (Lipinski definition) is 1. The fourth-order valence-corrected chi connectivity index (χ4v) is 1.16. The molecular formula is C8H5BO3. The maximum atomic E-state index is 10.6. The van der Waals surface area contributed by atoms with Gasteiger partial charge in [0.05, 0.1) is 0 Å². The summed E-state index contributed by atoms with van der Waals surface area (Å²) in [4.78, 5) is 10.6. The van der Waals surface area contributed by atoms with Crippen molar-refractivity contribution in [3.63, 3.8) is 0 Å². The van der Waals surface area contributed by atoms with Gasteiger partial charge in [-0.2, -0.15) is 0 Å². The van der Waals surface area contributed by atoms with E-state index in [0.29, 0.717) is 5.39 Å². The van der Waals surface area contributed by atoms with Crippen LogP contribution in [0.3, 0.4) is 0 Å². The molecule has 0 aliphatic carbocycles. The molecule has 0 atom stereocenters. The number of hydrogen-bond acceptors (Lipinski definition) is 2. The van der Waals surface area contributed by atoms with Crippen molar-refractivity contribution in [1.82, 2.24) is 0 Å². The molecule has 2 aromatic rings. The van der Waals surface area contributed by atoms with Crippen molar-refractivity contribution in [2.75, 3.05) is 0 Å². The van der Waals surface area contributed by atoms with Crippen molar-refractivity contribution in [3.05, 3.63) is 30.0 Å². The van der Waals surface area contributed by atoms with Gasteiger partial charge in [0.25, 0.3) is 0 Å². The van der Waals surface area contributed by atoms with Crippen LogP contribution in [0.4, 0.5) is 0 Å². The first-order valence-electron chi connectivity index (χ1n) is 3.48. The maximum absolute atomic E-state index is 10.6. The van der Waals surface area contributed by atoms with Crippen molar-refractivity contribution < 1.29 is 14.2 Å². The molecule has 2 rings (SSSR count). The topological polar surface area (TPSA) is 50.4 Å². The van der Waals surface area contributed by atoms with Crippen molar-refractivity contribution >= 4 is 23.8 Å². The van der Waals surface area contributed by atoms with E-state index in [1.54, 1.807) is 12.1 Å². The number of fused-ring (bicyclic) bond motifs is 1. The van der Waals surface area contributed by atoms with Crippen molar-refractivity contribution in [3.8, 4) is 0 Å². The monoisotopic (exact) mass is 160 g/mol. The van der Waals surface area contributed by atoms with Crippen LogP contribution in [0.5, 0.6) is 0 Å². The quantitative estimate of drug-likeness (QED) is 0.686. The molecule has 0 aliphatic rings. The minimum atomic E-state index is -1.03. The molecule has 0 saturated carbocycles. The second kappa shape index (κ2) is 2.48. The van der Waals surface area contributed by atoms with Gasteiger partial charge in [0.15, 0.2) is 0 Å². The van der Waals surface area contributed by atoms with Crippen LogP contribution in [0.1, 0.15) is 10.6 Å². The molecule has 0 amide bonds. The van der Waals surface area contributed by atoms with Gasteiger partial charge in [0.1, 0.15) is 0 Å². The van der Waals surface area contributed by atoms with Gasteiger partial charge in [0, 0.05) is 0 Å². The molecule has 1 aromatic heterocycles. The van der Waals surface area contributed by atoms with E-state index in [4.69, 9.17) is 9.44 Å². The zero-order valence-electron chi connectivity index (χ0n) is 6.15. The van der Waals surface area contributed by atoms with Gasteiger partial charge < -0.3 is 0 Å². The number of carboxylic acids is 1. The van der Waals surface area contributed by atoms with Gasteiger partial charge in [0.2, 0.25) is 0 Å². The molecule has 0 aliphatic heterocycles. The zero-order chi connectivity index (χ0) is 8.55. The van der Waals surface area contributed by atoms with Gasteiger partial charge in [-0.3, -0.25) is 0 Å². The summed E-state index contributed by atoms with van der Waals surface area (Å²) in [6, 6.07) is 7.15. The van der Waals surface area contributed by atoms with E-state index in [2.05, 4.69) is 0 Å². The summed E-state index contributed by atoms with van der Waals surface area (Å²) >= 11 is 0. The Balaban J connectivity index is 2.79. The third-order valence-corrected chi connectivity index (χ3v) is 1.70. The molecule has 12 heavy (non-hydrogen) atoms. The predicted octanol–water partition coefficient (Wildman–Crippen LogP) is 1.47. The van der Waals surface area contributed by atoms with Crippen LogP contribution in [0.2, 0.25) is 0 Å². The van der Waals surface area contributed by atoms with E-state index < -0.39 is 5.97 Å². The Bertz CT molecular complexity index is 433. The van der Waals surface area contributed by atoms with Crippen LogP contribution in [-0.2, 0) is 0 Å². The average Bonchev–Trinajstić information content (AvgIpc) is 2.47. The van der Waals surface area contributed by atoms with E-state index in [9.17, 15) is 4.79 Å². The first-order chi connectivity index (χ1) is 5.79. The summed E-state index contributed by atoms with van der Waals surface area (Å²) in [5, 5.41) is 10.1. The predicted molar refractivity (Wildman–Crippen MR) is 44.5 cm³/mol. The first kappa shape index (κ1) is 7.09. The van der Waals surface area contributed by atoms with Gasteiger partial charge in [-0.25, -0.2) is 0 Å². The van der Waals surface area contributed by atoms with Gasteiger partial charge in [-0.1, -0.05) is 0 Å². The van der Waals surface area contributed by atoms with Crippen molar-refractivity contribution in [2.24, 2.45) is 0 Å². The first-order valence-corrected chi connectivity index (χ1v) is 3.48. The Labute approximate surface area is 68.9 Å². The van der Waals surface area contributed by atoms with E-state index in [1.165, 1.54) is 7.13 Å². The Kier molecular flexibility index (Phi) is 1.47. The molecule has 0 fully saturated rings. The minimum absolute atomic E-state index is 0.00519. The number of rotatable bonds is 1. The van der Waals surface area contributed by atoms with Crippen LogP contribution >= 0.6 is 0 Å². The third-order valence-electron chi connectivity index (χ3n) is 1.70. The molecular weight excluding hydrogens is 155 g/mol. The Morgan fingerprint density at radius 2 is 2.17 bits per heavy atom. The fourth-order valence-electron chi connectivity index (χ4n) is 1.16. The molecule has 58 valence electrons. The fraction of sp³-hybridized carbons (Fsp3) is 0. The molecule has 3 nitrogen and oxygen atoms in total. The molecule has 0 saturated heterocycles. The van der Waals surface area contributed by atoms with Crippen LogP contribution in [-0.4, -0.2) is 18.2 Å². The number of benzene rings is 1. The molecule has 0 unspecified atom stereocenters. The summed E-state index contributed by atoms with van der Waals surface area (Å²) in [5.74, 6) is -1.03.